The van der Waals surface area contributed by atoms with Crippen molar-refractivity contribution in [2.75, 3.05) is 38.7 Å². The highest BCUT2D eigenvalue weighted by atomic mass is 32.1. The minimum absolute atomic E-state index is 0.0960. The molecule has 5 nitrogen and oxygen atoms in total. The van der Waals surface area contributed by atoms with Crippen molar-refractivity contribution in [2.45, 2.75) is 18.9 Å². The molecule has 24 heavy (non-hydrogen) atoms. The van der Waals surface area contributed by atoms with Gasteiger partial charge in [0.25, 0.3) is 5.91 Å². The van der Waals surface area contributed by atoms with Crippen LogP contribution in [0.2, 0.25) is 0 Å². The van der Waals surface area contributed by atoms with Crippen LogP contribution in [0.4, 0.5) is 5.82 Å². The maximum atomic E-state index is 12.5. The Morgan fingerprint density at radius 3 is 3.08 bits per heavy atom. The molecule has 0 saturated carbocycles. The Morgan fingerprint density at radius 1 is 1.46 bits per heavy atom. The van der Waals surface area contributed by atoms with Crippen molar-refractivity contribution in [2.24, 2.45) is 0 Å². The van der Waals surface area contributed by atoms with E-state index in [1.807, 2.05) is 53.7 Å². The molecule has 0 aromatic carbocycles. The molecule has 0 N–H and O–H groups in total. The molecule has 1 aliphatic rings. The predicted molar refractivity (Wildman–Crippen MR) is 96.8 cm³/mol. The first-order valence-corrected chi connectivity index (χ1v) is 9.08. The molecule has 6 heteroatoms. The molecule has 2 aromatic rings. The zero-order valence-electron chi connectivity index (χ0n) is 14.1. The van der Waals surface area contributed by atoms with Gasteiger partial charge in [0.15, 0.2) is 0 Å². The van der Waals surface area contributed by atoms with Crippen LogP contribution in [0.15, 0.2) is 35.8 Å². The lowest BCUT2D eigenvalue weighted by Gasteiger charge is -2.32. The molecule has 1 saturated heterocycles. The lowest BCUT2D eigenvalue weighted by atomic mass is 10.1. The van der Waals surface area contributed by atoms with E-state index in [4.69, 9.17) is 4.74 Å². The molecule has 0 bridgehead atoms. The third-order valence-electron chi connectivity index (χ3n) is 4.18. The molecule has 1 fully saturated rings. The number of nitrogens with zero attached hydrogens (tertiary/aromatic N) is 3. The number of amides is 1. The Labute approximate surface area is 146 Å². The summed E-state index contributed by atoms with van der Waals surface area (Å²) >= 11 is 1.50. The SMILES string of the molecule is CN(C)c1cc(CC[C@@H]2CN(C(=O)c3cccs3)CCO2)ccn1. The average molecular weight is 345 g/mol. The Kier molecular flexibility index (Phi) is 5.48. The highest BCUT2D eigenvalue weighted by Gasteiger charge is 2.25. The summed E-state index contributed by atoms with van der Waals surface area (Å²) < 4.78 is 5.86. The van der Waals surface area contributed by atoms with E-state index in [0.29, 0.717) is 19.7 Å². The second-order valence-corrected chi connectivity index (χ2v) is 7.12. The van der Waals surface area contributed by atoms with E-state index in [2.05, 4.69) is 11.1 Å². The van der Waals surface area contributed by atoms with Gasteiger partial charge in [-0.2, -0.15) is 0 Å². The Hall–Kier alpha value is -1.92. The van der Waals surface area contributed by atoms with E-state index in [9.17, 15) is 4.79 Å². The lowest BCUT2D eigenvalue weighted by molar-refractivity contribution is -0.0244. The maximum Gasteiger partial charge on any atom is 0.264 e. The smallest absolute Gasteiger partial charge is 0.264 e. The van der Waals surface area contributed by atoms with Gasteiger partial charge >= 0.3 is 0 Å². The van der Waals surface area contributed by atoms with Crippen LogP contribution >= 0.6 is 11.3 Å². The molecule has 0 spiro atoms. The highest BCUT2D eigenvalue weighted by molar-refractivity contribution is 7.12. The standard InChI is InChI=1S/C18H23N3O2S/c1-20(2)17-12-14(7-8-19-17)5-6-15-13-21(9-10-23-15)18(22)16-4-3-11-24-16/h3-4,7-8,11-12,15H,5-6,9-10,13H2,1-2H3/t15-/m1/s1. The molecule has 2 aromatic heterocycles. The van der Waals surface area contributed by atoms with E-state index >= 15 is 0 Å². The predicted octanol–water partition coefficient (Wildman–Crippen LogP) is 2.68. The van der Waals surface area contributed by atoms with Gasteiger partial charge in [0.05, 0.1) is 17.6 Å². The summed E-state index contributed by atoms with van der Waals surface area (Å²) in [7, 11) is 3.98. The molecule has 0 unspecified atom stereocenters. The van der Waals surface area contributed by atoms with Crippen LogP contribution < -0.4 is 4.90 Å². The normalized spacial score (nSPS) is 17.8. The van der Waals surface area contributed by atoms with Gasteiger partial charge in [-0.15, -0.1) is 11.3 Å². The van der Waals surface area contributed by atoms with Crippen LogP contribution in [0.25, 0.3) is 0 Å². The van der Waals surface area contributed by atoms with Gasteiger partial charge in [0.2, 0.25) is 0 Å². The first-order valence-electron chi connectivity index (χ1n) is 8.20. The molecule has 128 valence electrons. The topological polar surface area (TPSA) is 45.7 Å². The number of aromatic nitrogens is 1. The number of carbonyl (C=O) groups is 1. The van der Waals surface area contributed by atoms with Crippen LogP contribution in [0.5, 0.6) is 0 Å². The number of ether oxygens (including phenoxy) is 1. The number of rotatable bonds is 5. The zero-order chi connectivity index (χ0) is 16.9. The summed E-state index contributed by atoms with van der Waals surface area (Å²) in [5.41, 5.74) is 1.25. The summed E-state index contributed by atoms with van der Waals surface area (Å²) in [6, 6.07) is 7.96. The van der Waals surface area contributed by atoms with Crippen molar-refractivity contribution in [1.29, 1.82) is 0 Å². The number of hydrogen-bond acceptors (Lipinski definition) is 5. The molecule has 3 heterocycles. The second kappa shape index (κ2) is 7.77. The van der Waals surface area contributed by atoms with E-state index in [-0.39, 0.29) is 12.0 Å². The maximum absolute atomic E-state index is 12.5. The summed E-state index contributed by atoms with van der Waals surface area (Å²) in [6.45, 7) is 1.96. The third kappa shape index (κ3) is 4.13. The van der Waals surface area contributed by atoms with Crippen LogP contribution in [0.1, 0.15) is 21.7 Å². The van der Waals surface area contributed by atoms with Crippen LogP contribution in [-0.4, -0.2) is 55.7 Å². The first-order chi connectivity index (χ1) is 11.6. The molecule has 1 atom stereocenters. The average Bonchev–Trinajstić information content (AvgIpc) is 3.14. The number of thiophene rings is 1. The van der Waals surface area contributed by atoms with Crippen molar-refractivity contribution in [3.05, 3.63) is 46.3 Å². The first kappa shape index (κ1) is 16.9. The number of hydrogen-bond donors (Lipinski definition) is 0. The fourth-order valence-electron chi connectivity index (χ4n) is 2.82. The number of morpholine rings is 1. The summed E-state index contributed by atoms with van der Waals surface area (Å²) in [6.07, 6.45) is 3.78. The lowest BCUT2D eigenvalue weighted by Crippen LogP contribution is -2.45. The Bertz CT molecular complexity index is 673. The molecule has 1 aliphatic heterocycles. The quantitative estimate of drug-likeness (QED) is 0.836. The second-order valence-electron chi connectivity index (χ2n) is 6.18. The van der Waals surface area contributed by atoms with Gasteiger partial charge in [-0.25, -0.2) is 4.98 Å². The molecule has 0 aliphatic carbocycles. The van der Waals surface area contributed by atoms with E-state index in [1.54, 1.807) is 0 Å². The van der Waals surface area contributed by atoms with Crippen LogP contribution in [-0.2, 0) is 11.2 Å². The highest BCUT2D eigenvalue weighted by Crippen LogP contribution is 2.18. The minimum atomic E-state index is 0.0960. The van der Waals surface area contributed by atoms with E-state index in [0.717, 1.165) is 23.5 Å². The van der Waals surface area contributed by atoms with Crippen molar-refractivity contribution in [3.63, 3.8) is 0 Å². The van der Waals surface area contributed by atoms with E-state index in [1.165, 1.54) is 16.9 Å². The Balaban J connectivity index is 1.56. The summed E-state index contributed by atoms with van der Waals surface area (Å²) in [5.74, 6) is 1.09. The molecular formula is C18H23N3O2S. The fraction of sp³-hybridized carbons (Fsp3) is 0.444. The van der Waals surface area contributed by atoms with Crippen molar-refractivity contribution < 1.29 is 9.53 Å². The fourth-order valence-corrected chi connectivity index (χ4v) is 3.51. The zero-order valence-corrected chi connectivity index (χ0v) is 15.0. The van der Waals surface area contributed by atoms with Gasteiger partial charge < -0.3 is 14.5 Å². The van der Waals surface area contributed by atoms with E-state index < -0.39 is 0 Å². The minimum Gasteiger partial charge on any atom is -0.375 e. The van der Waals surface area contributed by atoms with Gasteiger partial charge in [0.1, 0.15) is 5.82 Å². The van der Waals surface area contributed by atoms with Crippen molar-refractivity contribution >= 4 is 23.1 Å². The molecule has 0 radical (unpaired) electrons. The number of carbonyl (C=O) groups excluding carboxylic acids is 1. The van der Waals surface area contributed by atoms with Crippen LogP contribution in [0.3, 0.4) is 0 Å². The molecule has 1 amide bonds. The molecular weight excluding hydrogens is 322 g/mol. The van der Waals surface area contributed by atoms with Crippen molar-refractivity contribution in [3.8, 4) is 0 Å². The van der Waals surface area contributed by atoms with Gasteiger partial charge in [-0.3, -0.25) is 4.79 Å². The van der Waals surface area contributed by atoms with Crippen molar-refractivity contribution in [1.82, 2.24) is 9.88 Å². The van der Waals surface area contributed by atoms with Gasteiger partial charge in [-0.05, 0) is 42.0 Å². The molecule has 3 rings (SSSR count). The Morgan fingerprint density at radius 2 is 2.33 bits per heavy atom. The van der Waals surface area contributed by atoms with Gasteiger partial charge in [-0.1, -0.05) is 6.07 Å². The number of pyridine rings is 1. The summed E-state index contributed by atoms with van der Waals surface area (Å²) in [4.78, 5) is 21.5. The van der Waals surface area contributed by atoms with Gasteiger partial charge in [0, 0.05) is 33.4 Å². The largest absolute Gasteiger partial charge is 0.375 e. The monoisotopic (exact) mass is 345 g/mol. The third-order valence-corrected chi connectivity index (χ3v) is 5.04. The van der Waals surface area contributed by atoms with Crippen LogP contribution in [0, 0.1) is 0 Å². The number of aryl methyl sites for hydroxylation is 1. The summed E-state index contributed by atoms with van der Waals surface area (Å²) in [5, 5.41) is 1.94. The number of anilines is 1.